The van der Waals surface area contributed by atoms with Crippen LogP contribution >= 0.6 is 23.2 Å². The van der Waals surface area contributed by atoms with Crippen LogP contribution in [0.4, 0.5) is 19.0 Å². The number of rotatable bonds is 6. The van der Waals surface area contributed by atoms with Gasteiger partial charge in [0.1, 0.15) is 5.82 Å². The number of aromatic nitrogens is 2. The summed E-state index contributed by atoms with van der Waals surface area (Å²) in [5, 5.41) is 5.65. The Hall–Kier alpha value is -2.06. The van der Waals surface area contributed by atoms with Gasteiger partial charge >= 0.3 is 6.18 Å². The van der Waals surface area contributed by atoms with Crippen LogP contribution in [-0.4, -0.2) is 29.0 Å². The molecule has 134 valence electrons. The highest BCUT2D eigenvalue weighted by atomic mass is 35.5. The number of pyridine rings is 2. The first kappa shape index (κ1) is 19.3. The SMILES string of the molecule is O=C(NCCCNc1ncc(C(F)(F)F)cc1Cl)c1cnccc1Cl. The predicted molar refractivity (Wildman–Crippen MR) is 88.9 cm³/mol. The van der Waals surface area contributed by atoms with Gasteiger partial charge in [-0.05, 0) is 18.6 Å². The lowest BCUT2D eigenvalue weighted by atomic mass is 10.2. The first-order chi connectivity index (χ1) is 11.8. The zero-order valence-electron chi connectivity index (χ0n) is 12.7. The minimum absolute atomic E-state index is 0.124. The maximum atomic E-state index is 12.5. The van der Waals surface area contributed by atoms with E-state index in [0.717, 1.165) is 6.07 Å². The van der Waals surface area contributed by atoms with Crippen LogP contribution in [0.2, 0.25) is 10.0 Å². The summed E-state index contributed by atoms with van der Waals surface area (Å²) in [5.41, 5.74) is -0.645. The average molecular weight is 393 g/mol. The number of anilines is 1. The lowest BCUT2D eigenvalue weighted by Crippen LogP contribution is -2.26. The standard InChI is InChI=1S/C15H13Cl2F3N4O/c16-11-2-5-21-8-10(11)14(25)23-4-1-3-22-13-12(17)6-9(7-24-13)15(18,19)20/h2,5-8H,1,3-4H2,(H,22,24)(H,23,25). The molecule has 25 heavy (non-hydrogen) atoms. The molecule has 0 aliphatic carbocycles. The second-order valence-electron chi connectivity index (χ2n) is 4.94. The van der Waals surface area contributed by atoms with Crippen molar-refractivity contribution >= 4 is 34.9 Å². The molecule has 0 aromatic carbocycles. The molecule has 1 amide bonds. The molecule has 2 N–H and O–H groups in total. The summed E-state index contributed by atoms with van der Waals surface area (Å²) in [6.07, 6.45) is -0.443. The number of amides is 1. The fourth-order valence-corrected chi connectivity index (χ4v) is 2.28. The van der Waals surface area contributed by atoms with Crippen molar-refractivity contribution in [3.63, 3.8) is 0 Å². The Morgan fingerprint density at radius 3 is 2.56 bits per heavy atom. The van der Waals surface area contributed by atoms with Gasteiger partial charge in [-0.2, -0.15) is 13.2 Å². The summed E-state index contributed by atoms with van der Waals surface area (Å²) in [7, 11) is 0. The van der Waals surface area contributed by atoms with Crippen molar-refractivity contribution in [1.29, 1.82) is 0 Å². The van der Waals surface area contributed by atoms with Crippen molar-refractivity contribution in [2.45, 2.75) is 12.6 Å². The Labute approximate surface area is 151 Å². The molecule has 0 aliphatic rings. The van der Waals surface area contributed by atoms with E-state index in [4.69, 9.17) is 23.2 Å². The molecule has 0 fully saturated rings. The molecule has 2 heterocycles. The fourth-order valence-electron chi connectivity index (χ4n) is 1.86. The van der Waals surface area contributed by atoms with Crippen LogP contribution in [0.15, 0.2) is 30.7 Å². The third-order valence-corrected chi connectivity index (χ3v) is 3.73. The average Bonchev–Trinajstić information content (AvgIpc) is 2.55. The van der Waals surface area contributed by atoms with E-state index < -0.39 is 11.7 Å². The number of carbonyl (C=O) groups excluding carboxylic acids is 1. The van der Waals surface area contributed by atoms with Crippen molar-refractivity contribution in [1.82, 2.24) is 15.3 Å². The van der Waals surface area contributed by atoms with E-state index in [2.05, 4.69) is 20.6 Å². The van der Waals surface area contributed by atoms with E-state index in [-0.39, 0.29) is 22.3 Å². The van der Waals surface area contributed by atoms with Gasteiger partial charge in [0.15, 0.2) is 0 Å². The third kappa shape index (κ3) is 5.47. The van der Waals surface area contributed by atoms with Crippen molar-refractivity contribution in [3.8, 4) is 0 Å². The van der Waals surface area contributed by atoms with Crippen LogP contribution in [0, 0.1) is 0 Å². The van der Waals surface area contributed by atoms with E-state index in [1.807, 2.05) is 0 Å². The van der Waals surface area contributed by atoms with Gasteiger partial charge in [-0.1, -0.05) is 23.2 Å². The Bertz CT molecular complexity index is 756. The molecule has 0 saturated heterocycles. The van der Waals surface area contributed by atoms with Crippen LogP contribution in [-0.2, 0) is 6.18 Å². The molecule has 2 aromatic heterocycles. The van der Waals surface area contributed by atoms with Gasteiger partial charge in [0, 0.05) is 31.7 Å². The van der Waals surface area contributed by atoms with Crippen molar-refractivity contribution in [2.75, 3.05) is 18.4 Å². The largest absolute Gasteiger partial charge is 0.417 e. The first-order valence-electron chi connectivity index (χ1n) is 7.13. The number of hydrogen-bond acceptors (Lipinski definition) is 4. The summed E-state index contributed by atoms with van der Waals surface area (Å²) in [5.74, 6) is -0.208. The van der Waals surface area contributed by atoms with Gasteiger partial charge in [0.25, 0.3) is 5.91 Å². The Morgan fingerprint density at radius 2 is 1.92 bits per heavy atom. The molecule has 0 saturated carbocycles. The molecule has 0 bridgehead atoms. The van der Waals surface area contributed by atoms with Gasteiger partial charge < -0.3 is 10.6 Å². The number of alkyl halides is 3. The molecule has 5 nitrogen and oxygen atoms in total. The van der Waals surface area contributed by atoms with Gasteiger partial charge in [0.2, 0.25) is 0 Å². The van der Waals surface area contributed by atoms with Crippen LogP contribution < -0.4 is 10.6 Å². The summed E-state index contributed by atoms with van der Waals surface area (Å²) >= 11 is 11.7. The summed E-state index contributed by atoms with van der Waals surface area (Å²) in [6.45, 7) is 0.689. The topological polar surface area (TPSA) is 66.9 Å². The predicted octanol–water partition coefficient (Wildman–Crippen LogP) is 4.03. The highest BCUT2D eigenvalue weighted by Crippen LogP contribution is 2.32. The zero-order valence-corrected chi connectivity index (χ0v) is 14.2. The van der Waals surface area contributed by atoms with E-state index in [0.29, 0.717) is 30.7 Å². The molecule has 0 unspecified atom stereocenters. The Balaban J connectivity index is 1.78. The lowest BCUT2D eigenvalue weighted by molar-refractivity contribution is -0.137. The zero-order chi connectivity index (χ0) is 18.4. The lowest BCUT2D eigenvalue weighted by Gasteiger charge is -2.11. The van der Waals surface area contributed by atoms with Gasteiger partial charge in [-0.3, -0.25) is 9.78 Å². The molecule has 0 atom stereocenters. The van der Waals surface area contributed by atoms with Crippen LogP contribution in [0.3, 0.4) is 0 Å². The smallest absolute Gasteiger partial charge is 0.369 e. The number of halogens is 5. The van der Waals surface area contributed by atoms with Crippen LogP contribution in [0.5, 0.6) is 0 Å². The third-order valence-electron chi connectivity index (χ3n) is 3.11. The van der Waals surface area contributed by atoms with Gasteiger partial charge in [-0.15, -0.1) is 0 Å². The summed E-state index contributed by atoms with van der Waals surface area (Å²) < 4.78 is 37.6. The van der Waals surface area contributed by atoms with E-state index in [9.17, 15) is 18.0 Å². The van der Waals surface area contributed by atoms with Crippen molar-refractivity contribution in [2.24, 2.45) is 0 Å². The molecule has 0 radical (unpaired) electrons. The quantitative estimate of drug-likeness (QED) is 0.728. The number of carbonyl (C=O) groups is 1. The second kappa shape index (κ2) is 8.35. The Morgan fingerprint density at radius 1 is 1.16 bits per heavy atom. The monoisotopic (exact) mass is 392 g/mol. The molecule has 2 rings (SSSR count). The highest BCUT2D eigenvalue weighted by molar-refractivity contribution is 6.33. The number of nitrogens with zero attached hydrogens (tertiary/aromatic N) is 2. The maximum absolute atomic E-state index is 12.5. The first-order valence-corrected chi connectivity index (χ1v) is 7.89. The fraction of sp³-hybridized carbons (Fsp3) is 0.267. The molecule has 10 heteroatoms. The molecule has 2 aromatic rings. The van der Waals surface area contributed by atoms with Gasteiger partial charge in [-0.25, -0.2) is 4.98 Å². The van der Waals surface area contributed by atoms with Crippen LogP contribution in [0.1, 0.15) is 22.3 Å². The summed E-state index contributed by atoms with van der Waals surface area (Å²) in [4.78, 5) is 19.4. The number of nitrogens with one attached hydrogen (secondary N) is 2. The van der Waals surface area contributed by atoms with Gasteiger partial charge in [0.05, 0.1) is 21.2 Å². The van der Waals surface area contributed by atoms with E-state index in [1.54, 1.807) is 0 Å². The Kier molecular flexibility index (Phi) is 6.44. The molecular formula is C15H13Cl2F3N4O. The summed E-state index contributed by atoms with van der Waals surface area (Å²) in [6, 6.07) is 2.32. The molecule has 0 spiro atoms. The highest BCUT2D eigenvalue weighted by Gasteiger charge is 2.31. The second-order valence-corrected chi connectivity index (χ2v) is 5.76. The van der Waals surface area contributed by atoms with Crippen molar-refractivity contribution in [3.05, 3.63) is 51.9 Å². The molecular weight excluding hydrogens is 380 g/mol. The maximum Gasteiger partial charge on any atom is 0.417 e. The van der Waals surface area contributed by atoms with Crippen LogP contribution in [0.25, 0.3) is 0 Å². The minimum atomic E-state index is -4.49. The number of hydrogen-bond donors (Lipinski definition) is 2. The normalized spacial score (nSPS) is 11.2. The van der Waals surface area contributed by atoms with E-state index >= 15 is 0 Å². The van der Waals surface area contributed by atoms with E-state index in [1.165, 1.54) is 18.5 Å². The minimum Gasteiger partial charge on any atom is -0.369 e. The van der Waals surface area contributed by atoms with Crippen molar-refractivity contribution < 1.29 is 18.0 Å². The molecule has 0 aliphatic heterocycles.